The number of hydrogen-bond donors (Lipinski definition) is 3. The molecule has 5 heteroatoms. The number of nitrogens with one attached hydrogen (secondary N) is 2. The van der Waals surface area contributed by atoms with Gasteiger partial charge in [-0.05, 0) is 12.3 Å². The lowest BCUT2D eigenvalue weighted by molar-refractivity contribution is -0.122. The summed E-state index contributed by atoms with van der Waals surface area (Å²) >= 11 is 0. The Morgan fingerprint density at radius 3 is 2.88 bits per heavy atom. The zero-order valence-electron chi connectivity index (χ0n) is 10.7. The Hall–Kier alpha value is -0.650. The summed E-state index contributed by atoms with van der Waals surface area (Å²) in [5.74, 6) is 0.604. The molecule has 1 aliphatic rings. The van der Waals surface area contributed by atoms with Crippen molar-refractivity contribution in [2.75, 3.05) is 26.3 Å². The summed E-state index contributed by atoms with van der Waals surface area (Å²) in [5, 5.41) is 15.7. The Morgan fingerprint density at radius 1 is 1.53 bits per heavy atom. The van der Waals surface area contributed by atoms with Gasteiger partial charge in [0.05, 0.1) is 12.7 Å². The third-order valence-corrected chi connectivity index (χ3v) is 2.67. The third kappa shape index (κ3) is 6.61. The van der Waals surface area contributed by atoms with E-state index >= 15 is 0 Å². The molecule has 1 heterocycles. The molecule has 5 nitrogen and oxygen atoms in total. The molecule has 1 saturated heterocycles. The highest BCUT2D eigenvalue weighted by Gasteiger charge is 2.18. The van der Waals surface area contributed by atoms with E-state index in [1.165, 1.54) is 0 Å². The van der Waals surface area contributed by atoms with Crippen LogP contribution in [0.4, 0.5) is 0 Å². The zero-order chi connectivity index (χ0) is 12.7. The van der Waals surface area contributed by atoms with Gasteiger partial charge in [0, 0.05) is 32.2 Å². The molecule has 17 heavy (non-hydrogen) atoms. The lowest BCUT2D eigenvalue weighted by atomic mass is 10.1. The fraction of sp³-hybridized carbons (Fsp3) is 0.917. The highest BCUT2D eigenvalue weighted by atomic mass is 16.5. The van der Waals surface area contributed by atoms with Gasteiger partial charge in [0.2, 0.25) is 5.91 Å². The fourth-order valence-corrected chi connectivity index (χ4v) is 1.71. The molecule has 2 unspecified atom stereocenters. The molecule has 0 spiro atoms. The van der Waals surface area contributed by atoms with E-state index in [2.05, 4.69) is 24.5 Å². The molecule has 0 bridgehead atoms. The van der Waals surface area contributed by atoms with E-state index in [1.807, 2.05) is 0 Å². The van der Waals surface area contributed by atoms with Crippen molar-refractivity contribution in [1.82, 2.24) is 10.6 Å². The van der Waals surface area contributed by atoms with Gasteiger partial charge in [-0.25, -0.2) is 0 Å². The molecule has 2 atom stereocenters. The summed E-state index contributed by atoms with van der Waals surface area (Å²) in [5.41, 5.74) is 0. The van der Waals surface area contributed by atoms with Gasteiger partial charge in [-0.2, -0.15) is 0 Å². The minimum atomic E-state index is -0.480. The van der Waals surface area contributed by atoms with Gasteiger partial charge in [-0.1, -0.05) is 13.8 Å². The number of carbonyl (C=O) groups excluding carboxylic acids is 1. The number of aliphatic hydroxyl groups excluding tert-OH is 1. The van der Waals surface area contributed by atoms with Crippen LogP contribution in [0.5, 0.6) is 0 Å². The van der Waals surface area contributed by atoms with Crippen LogP contribution in [-0.4, -0.2) is 49.5 Å². The molecule has 0 radical (unpaired) electrons. The minimum absolute atomic E-state index is 0.115. The van der Waals surface area contributed by atoms with Gasteiger partial charge in [-0.3, -0.25) is 4.79 Å². The van der Waals surface area contributed by atoms with E-state index in [9.17, 15) is 9.90 Å². The maximum Gasteiger partial charge on any atom is 0.220 e. The van der Waals surface area contributed by atoms with Crippen LogP contribution in [-0.2, 0) is 9.53 Å². The first-order valence-corrected chi connectivity index (χ1v) is 6.33. The normalized spacial score (nSPS) is 22.6. The lowest BCUT2D eigenvalue weighted by Gasteiger charge is -2.24. The molecule has 1 aliphatic heterocycles. The molecule has 1 rings (SSSR count). The highest BCUT2D eigenvalue weighted by molar-refractivity contribution is 5.76. The third-order valence-electron chi connectivity index (χ3n) is 2.67. The van der Waals surface area contributed by atoms with Crippen molar-refractivity contribution in [3.63, 3.8) is 0 Å². The molecule has 0 aromatic carbocycles. The Bertz CT molecular complexity index is 224. The van der Waals surface area contributed by atoms with Crippen LogP contribution in [0.15, 0.2) is 0 Å². The molecule has 0 aliphatic carbocycles. The molecule has 0 aromatic heterocycles. The molecule has 0 saturated carbocycles. The predicted molar refractivity (Wildman–Crippen MR) is 65.7 cm³/mol. The summed E-state index contributed by atoms with van der Waals surface area (Å²) in [6.07, 6.45) is 0.926. The van der Waals surface area contributed by atoms with Crippen LogP contribution >= 0.6 is 0 Å². The maximum absolute atomic E-state index is 10.9. The van der Waals surface area contributed by atoms with Crippen LogP contribution in [0, 0.1) is 5.92 Å². The van der Waals surface area contributed by atoms with Gasteiger partial charge in [0.15, 0.2) is 0 Å². The number of piperidine rings is 1. The Labute approximate surface area is 103 Å². The summed E-state index contributed by atoms with van der Waals surface area (Å²) in [6, 6.07) is 0.271. The number of rotatable bonds is 7. The topological polar surface area (TPSA) is 70.6 Å². The number of carbonyl (C=O) groups is 1. The second kappa shape index (κ2) is 7.63. The van der Waals surface area contributed by atoms with Crippen LogP contribution in [0.25, 0.3) is 0 Å². The monoisotopic (exact) mass is 244 g/mol. The number of aliphatic hydroxyl groups is 1. The number of amides is 1. The predicted octanol–water partition coefficient (Wildman–Crippen LogP) is -0.112. The number of ether oxygens (including phenoxy) is 1. The second-order valence-electron chi connectivity index (χ2n) is 5.03. The first-order chi connectivity index (χ1) is 8.08. The van der Waals surface area contributed by atoms with Crippen LogP contribution in [0.1, 0.15) is 26.7 Å². The minimum Gasteiger partial charge on any atom is -0.389 e. The van der Waals surface area contributed by atoms with E-state index in [0.29, 0.717) is 38.6 Å². The molecule has 0 aromatic rings. The van der Waals surface area contributed by atoms with E-state index in [-0.39, 0.29) is 11.9 Å². The van der Waals surface area contributed by atoms with Crippen LogP contribution < -0.4 is 10.6 Å². The Kier molecular flexibility index (Phi) is 6.47. The fourth-order valence-electron chi connectivity index (χ4n) is 1.71. The molecular formula is C12H24N2O3. The van der Waals surface area contributed by atoms with Gasteiger partial charge < -0.3 is 20.5 Å². The highest BCUT2D eigenvalue weighted by Crippen LogP contribution is 2.02. The van der Waals surface area contributed by atoms with E-state index in [4.69, 9.17) is 4.74 Å². The zero-order valence-corrected chi connectivity index (χ0v) is 10.7. The summed E-state index contributed by atoms with van der Waals surface area (Å²) in [4.78, 5) is 10.9. The van der Waals surface area contributed by atoms with Gasteiger partial charge >= 0.3 is 0 Å². The van der Waals surface area contributed by atoms with Crippen molar-refractivity contribution < 1.29 is 14.6 Å². The molecule has 1 fully saturated rings. The first kappa shape index (κ1) is 14.4. The van der Waals surface area contributed by atoms with Gasteiger partial charge in [0.1, 0.15) is 0 Å². The van der Waals surface area contributed by atoms with Crippen molar-refractivity contribution in [3.05, 3.63) is 0 Å². The van der Waals surface area contributed by atoms with Crippen molar-refractivity contribution in [2.45, 2.75) is 38.8 Å². The van der Waals surface area contributed by atoms with E-state index in [1.54, 1.807) is 0 Å². The van der Waals surface area contributed by atoms with Gasteiger partial charge in [0.25, 0.3) is 0 Å². The van der Waals surface area contributed by atoms with Crippen LogP contribution in [0.3, 0.4) is 0 Å². The van der Waals surface area contributed by atoms with Crippen LogP contribution in [0.2, 0.25) is 0 Å². The quantitative estimate of drug-likeness (QED) is 0.584. The van der Waals surface area contributed by atoms with Gasteiger partial charge in [-0.15, -0.1) is 0 Å². The van der Waals surface area contributed by atoms with Crippen molar-refractivity contribution in [2.24, 2.45) is 5.92 Å². The van der Waals surface area contributed by atoms with E-state index in [0.717, 1.165) is 6.42 Å². The Morgan fingerprint density at radius 2 is 2.29 bits per heavy atom. The lowest BCUT2D eigenvalue weighted by Crippen LogP contribution is -2.48. The Balaban J connectivity index is 2.03. The summed E-state index contributed by atoms with van der Waals surface area (Å²) < 4.78 is 5.35. The smallest absolute Gasteiger partial charge is 0.220 e. The SMILES string of the molecule is CC(C)COCC(O)CNC1CCC(=O)NC1. The summed E-state index contributed by atoms with van der Waals surface area (Å²) in [6.45, 7) is 6.36. The largest absolute Gasteiger partial charge is 0.389 e. The standard InChI is InChI=1S/C12H24N2O3/c1-9(2)7-17-8-11(15)6-13-10-3-4-12(16)14-5-10/h9-11,13,15H,3-8H2,1-2H3,(H,14,16). The van der Waals surface area contributed by atoms with Crippen molar-refractivity contribution in [3.8, 4) is 0 Å². The second-order valence-corrected chi connectivity index (χ2v) is 5.03. The maximum atomic E-state index is 10.9. The average Bonchev–Trinajstić information content (AvgIpc) is 2.28. The number of hydrogen-bond acceptors (Lipinski definition) is 4. The molecule has 3 N–H and O–H groups in total. The first-order valence-electron chi connectivity index (χ1n) is 6.33. The van der Waals surface area contributed by atoms with E-state index < -0.39 is 6.10 Å². The average molecular weight is 244 g/mol. The van der Waals surface area contributed by atoms with Crippen molar-refractivity contribution >= 4 is 5.91 Å². The summed E-state index contributed by atoms with van der Waals surface area (Å²) in [7, 11) is 0. The molecular weight excluding hydrogens is 220 g/mol. The van der Waals surface area contributed by atoms with Crippen molar-refractivity contribution in [1.29, 1.82) is 0 Å². The molecule has 1 amide bonds. The molecule has 100 valence electrons.